The molecule has 0 bridgehead atoms. The van der Waals surface area contributed by atoms with Gasteiger partial charge in [0, 0.05) is 0 Å². The fraction of sp³-hybridized carbons (Fsp3) is 0. The first-order valence-electron chi connectivity index (χ1n) is 5.53. The van der Waals surface area contributed by atoms with E-state index < -0.39 is 0 Å². The number of benzene rings is 1. The Morgan fingerprint density at radius 2 is 1.89 bits per heavy atom. The Labute approximate surface area is 109 Å². The maximum Gasteiger partial charge on any atom is 0.293 e. The molecule has 0 radical (unpaired) electrons. The highest BCUT2D eigenvalue weighted by Crippen LogP contribution is 2.24. The molecule has 1 N–H and O–H groups in total. The van der Waals surface area contributed by atoms with Gasteiger partial charge in [0.25, 0.3) is 5.82 Å². The maximum atomic E-state index is 11.1. The van der Waals surface area contributed by atoms with E-state index in [0.29, 0.717) is 10.7 Å². The molecule has 0 atom stereocenters. The number of hydrogen-bond acceptors (Lipinski definition) is 1. The number of carbonyl (C=O) groups is 1. The van der Waals surface area contributed by atoms with Crippen LogP contribution < -0.4 is 4.40 Å². The van der Waals surface area contributed by atoms with Crippen molar-refractivity contribution in [2.75, 3.05) is 0 Å². The number of carbonyl (C=O) groups excluding carboxylic acids is 1. The van der Waals surface area contributed by atoms with E-state index in [4.69, 9.17) is 11.6 Å². The quantitative estimate of drug-likeness (QED) is 0.556. The van der Waals surface area contributed by atoms with Gasteiger partial charge >= 0.3 is 0 Å². The molecule has 3 aromatic rings. The van der Waals surface area contributed by atoms with Gasteiger partial charge in [-0.15, -0.1) is 0 Å². The fourth-order valence-electron chi connectivity index (χ4n) is 2.05. The third-order valence-corrected chi connectivity index (χ3v) is 3.21. The van der Waals surface area contributed by atoms with Crippen molar-refractivity contribution in [3.63, 3.8) is 0 Å². The Balaban J connectivity index is 2.37. The largest absolute Gasteiger partial charge is 0.294 e. The van der Waals surface area contributed by atoms with Gasteiger partial charge in [-0.1, -0.05) is 29.8 Å². The fourth-order valence-corrected chi connectivity index (χ4v) is 2.27. The van der Waals surface area contributed by atoms with E-state index in [1.165, 1.54) is 0 Å². The maximum absolute atomic E-state index is 11.1. The number of nitrogens with zero attached hydrogens (tertiary/aromatic N) is 1. The van der Waals surface area contributed by atoms with Crippen LogP contribution >= 0.6 is 11.6 Å². The van der Waals surface area contributed by atoms with Crippen LogP contribution in [-0.2, 0) is 0 Å². The lowest BCUT2D eigenvalue weighted by atomic mass is 10.2. The van der Waals surface area contributed by atoms with Gasteiger partial charge in [0.15, 0.2) is 11.8 Å². The SMILES string of the molecule is O=Cc1[nH]c(-c2ccccc2Cl)[n+]2ccccc12. The number of H-pyrrole nitrogens is 1. The van der Waals surface area contributed by atoms with Gasteiger partial charge in [-0.3, -0.25) is 4.79 Å². The van der Waals surface area contributed by atoms with Crippen LogP contribution in [0, 0.1) is 0 Å². The molecule has 0 aliphatic heterocycles. The van der Waals surface area contributed by atoms with Crippen molar-refractivity contribution in [2.45, 2.75) is 0 Å². The van der Waals surface area contributed by atoms with Crippen LogP contribution in [0.25, 0.3) is 16.9 Å². The smallest absolute Gasteiger partial charge is 0.293 e. The predicted molar refractivity (Wildman–Crippen MR) is 69.8 cm³/mol. The molecule has 2 aromatic heterocycles. The van der Waals surface area contributed by atoms with Crippen molar-refractivity contribution in [1.82, 2.24) is 4.98 Å². The summed E-state index contributed by atoms with van der Waals surface area (Å²) in [6, 6.07) is 13.2. The molecular formula is C14H10ClN2O+. The summed E-state index contributed by atoms with van der Waals surface area (Å²) in [4.78, 5) is 14.2. The predicted octanol–water partition coefficient (Wildman–Crippen LogP) is 2.89. The van der Waals surface area contributed by atoms with Gasteiger partial charge in [0.05, 0.1) is 16.8 Å². The number of rotatable bonds is 2. The number of fused-ring (bicyclic) bond motifs is 1. The zero-order chi connectivity index (χ0) is 12.5. The van der Waals surface area contributed by atoms with Gasteiger partial charge in [0.1, 0.15) is 0 Å². The summed E-state index contributed by atoms with van der Waals surface area (Å²) in [7, 11) is 0. The average molecular weight is 258 g/mol. The number of aromatic nitrogens is 2. The van der Waals surface area contributed by atoms with Gasteiger partial charge in [-0.05, 0) is 24.3 Å². The van der Waals surface area contributed by atoms with Crippen LogP contribution in [0.4, 0.5) is 0 Å². The summed E-state index contributed by atoms with van der Waals surface area (Å²) >= 11 is 6.19. The third-order valence-electron chi connectivity index (χ3n) is 2.88. The van der Waals surface area contributed by atoms with Crippen molar-refractivity contribution in [1.29, 1.82) is 0 Å². The van der Waals surface area contributed by atoms with Crippen molar-refractivity contribution >= 4 is 23.4 Å². The number of aldehydes is 1. The molecule has 4 heteroatoms. The molecule has 0 aliphatic rings. The second-order valence-electron chi connectivity index (χ2n) is 3.94. The van der Waals surface area contributed by atoms with E-state index in [1.807, 2.05) is 53.1 Å². The van der Waals surface area contributed by atoms with Crippen molar-refractivity contribution < 1.29 is 9.20 Å². The lowest BCUT2D eigenvalue weighted by molar-refractivity contribution is -0.498. The molecule has 0 fully saturated rings. The summed E-state index contributed by atoms with van der Waals surface area (Å²) in [6.07, 6.45) is 2.72. The summed E-state index contributed by atoms with van der Waals surface area (Å²) < 4.78 is 1.92. The third kappa shape index (κ3) is 1.60. The van der Waals surface area contributed by atoms with Crippen LogP contribution in [0.2, 0.25) is 5.02 Å². The van der Waals surface area contributed by atoms with Gasteiger partial charge < -0.3 is 0 Å². The van der Waals surface area contributed by atoms with E-state index >= 15 is 0 Å². The molecule has 0 aliphatic carbocycles. The molecule has 18 heavy (non-hydrogen) atoms. The summed E-state index contributed by atoms with van der Waals surface area (Å²) in [5.41, 5.74) is 2.25. The molecule has 88 valence electrons. The molecular weight excluding hydrogens is 248 g/mol. The zero-order valence-corrected chi connectivity index (χ0v) is 10.2. The van der Waals surface area contributed by atoms with E-state index in [-0.39, 0.29) is 0 Å². The monoisotopic (exact) mass is 257 g/mol. The average Bonchev–Trinajstić information content (AvgIpc) is 2.78. The molecule has 2 heterocycles. The lowest BCUT2D eigenvalue weighted by Gasteiger charge is -1.97. The first-order chi connectivity index (χ1) is 8.81. The molecule has 0 unspecified atom stereocenters. The van der Waals surface area contributed by atoms with Gasteiger partial charge in [-0.25, -0.2) is 4.98 Å². The Bertz CT molecular complexity index is 733. The zero-order valence-electron chi connectivity index (χ0n) is 9.43. The first-order valence-corrected chi connectivity index (χ1v) is 5.91. The Kier molecular flexibility index (Phi) is 2.61. The summed E-state index contributed by atoms with van der Waals surface area (Å²) in [5.74, 6) is 0.804. The lowest BCUT2D eigenvalue weighted by Crippen LogP contribution is -2.21. The minimum atomic E-state index is 0.547. The highest BCUT2D eigenvalue weighted by molar-refractivity contribution is 6.33. The normalized spacial score (nSPS) is 10.7. The van der Waals surface area contributed by atoms with Crippen LogP contribution in [0.5, 0.6) is 0 Å². The minimum absolute atomic E-state index is 0.547. The molecule has 0 amide bonds. The molecule has 1 aromatic carbocycles. The van der Waals surface area contributed by atoms with E-state index in [0.717, 1.165) is 23.2 Å². The summed E-state index contributed by atoms with van der Waals surface area (Å²) in [6.45, 7) is 0. The standard InChI is InChI=1S/C14H9ClN2O/c15-11-6-2-1-5-10(11)14-16-12(9-18)13-7-3-4-8-17(13)14/h1-9H/p+1. The number of halogens is 1. The van der Waals surface area contributed by atoms with Crippen LogP contribution in [0.1, 0.15) is 10.5 Å². The molecule has 0 spiro atoms. The van der Waals surface area contributed by atoms with E-state index in [9.17, 15) is 4.79 Å². The van der Waals surface area contributed by atoms with Crippen LogP contribution in [0.15, 0.2) is 48.7 Å². The Hall–Kier alpha value is -2.13. The number of hydrogen-bond donors (Lipinski definition) is 1. The minimum Gasteiger partial charge on any atom is -0.294 e. The second kappa shape index (κ2) is 4.27. The highest BCUT2D eigenvalue weighted by atomic mass is 35.5. The topological polar surface area (TPSA) is 37.0 Å². The van der Waals surface area contributed by atoms with Crippen LogP contribution in [-0.4, -0.2) is 11.3 Å². The molecule has 3 rings (SSSR count). The molecule has 0 saturated heterocycles. The van der Waals surface area contributed by atoms with Crippen molar-refractivity contribution in [2.24, 2.45) is 0 Å². The number of aromatic amines is 1. The highest BCUT2D eigenvalue weighted by Gasteiger charge is 2.20. The van der Waals surface area contributed by atoms with Gasteiger partial charge in [0.2, 0.25) is 5.69 Å². The van der Waals surface area contributed by atoms with Crippen molar-refractivity contribution in [3.05, 3.63) is 59.4 Å². The van der Waals surface area contributed by atoms with Crippen molar-refractivity contribution in [3.8, 4) is 11.4 Å². The van der Waals surface area contributed by atoms with Gasteiger partial charge in [-0.2, -0.15) is 4.40 Å². The van der Waals surface area contributed by atoms with Crippen LogP contribution in [0.3, 0.4) is 0 Å². The summed E-state index contributed by atoms with van der Waals surface area (Å²) in [5, 5.41) is 0.648. The second-order valence-corrected chi connectivity index (χ2v) is 4.35. The first kappa shape index (κ1) is 11.0. The number of nitrogens with one attached hydrogen (secondary N) is 1. The Morgan fingerprint density at radius 1 is 1.11 bits per heavy atom. The molecule has 3 nitrogen and oxygen atoms in total. The Morgan fingerprint density at radius 3 is 2.67 bits per heavy atom. The van der Waals surface area contributed by atoms with E-state index in [1.54, 1.807) is 0 Å². The van der Waals surface area contributed by atoms with E-state index in [2.05, 4.69) is 4.98 Å². The number of imidazole rings is 1. The molecule has 0 saturated carbocycles. The number of pyridine rings is 1.